The van der Waals surface area contributed by atoms with Gasteiger partial charge < -0.3 is 10.6 Å². The fraction of sp³-hybridized carbons (Fsp3) is 0.562. The van der Waals surface area contributed by atoms with Crippen LogP contribution in [0.25, 0.3) is 0 Å². The molecule has 1 aliphatic rings. The van der Waals surface area contributed by atoms with Gasteiger partial charge in [0.2, 0.25) is 5.91 Å². The van der Waals surface area contributed by atoms with Crippen LogP contribution in [-0.4, -0.2) is 19.0 Å². The molecule has 1 atom stereocenters. The molecule has 0 aliphatic carbocycles. The fourth-order valence-electron chi connectivity index (χ4n) is 2.63. The number of hydrogen-bond acceptors (Lipinski definition) is 2. The molecule has 0 spiro atoms. The lowest BCUT2D eigenvalue weighted by Crippen LogP contribution is -2.26. The lowest BCUT2D eigenvalue weighted by molar-refractivity contribution is -0.122. The summed E-state index contributed by atoms with van der Waals surface area (Å²) in [6, 6.07) is 4.37. The molecule has 1 saturated heterocycles. The molecule has 0 saturated carbocycles. The van der Waals surface area contributed by atoms with Gasteiger partial charge in [-0.15, -0.1) is 0 Å². The van der Waals surface area contributed by atoms with E-state index in [0.717, 1.165) is 19.5 Å². The Hall–Kier alpha value is -1.35. The van der Waals surface area contributed by atoms with Crippen molar-refractivity contribution in [2.75, 3.05) is 13.1 Å². The number of amides is 1. The van der Waals surface area contributed by atoms with Gasteiger partial charge in [0.25, 0.3) is 0 Å². The van der Waals surface area contributed by atoms with Gasteiger partial charge in [-0.3, -0.25) is 4.79 Å². The summed E-state index contributed by atoms with van der Waals surface area (Å²) in [5.74, 6) is 0.687. The third-order valence-corrected chi connectivity index (χ3v) is 4.06. The number of carbonyl (C=O) groups is 1. The third kappa shape index (κ3) is 3.80. The van der Waals surface area contributed by atoms with Gasteiger partial charge in [-0.25, -0.2) is 0 Å². The highest BCUT2D eigenvalue weighted by atomic mass is 16.1. The molecular formula is C16H24N2O. The summed E-state index contributed by atoms with van der Waals surface area (Å²) >= 11 is 0. The van der Waals surface area contributed by atoms with E-state index >= 15 is 0 Å². The summed E-state index contributed by atoms with van der Waals surface area (Å²) in [5, 5.41) is 6.34. The van der Waals surface area contributed by atoms with Crippen molar-refractivity contribution < 1.29 is 4.79 Å². The Bertz CT molecular complexity index is 462. The van der Waals surface area contributed by atoms with Crippen molar-refractivity contribution in [3.8, 4) is 0 Å². The second-order valence-corrected chi connectivity index (χ2v) is 5.70. The zero-order chi connectivity index (χ0) is 13.8. The summed E-state index contributed by atoms with van der Waals surface area (Å²) in [6.07, 6.45) is 1.77. The molecule has 1 aromatic carbocycles. The van der Waals surface area contributed by atoms with Crippen LogP contribution in [0.1, 0.15) is 35.1 Å². The van der Waals surface area contributed by atoms with Gasteiger partial charge in [-0.2, -0.15) is 0 Å². The highest BCUT2D eigenvalue weighted by Gasteiger charge is 2.17. The number of benzene rings is 1. The van der Waals surface area contributed by atoms with Crippen LogP contribution in [0.15, 0.2) is 12.1 Å². The van der Waals surface area contributed by atoms with Crippen LogP contribution in [0.3, 0.4) is 0 Å². The highest BCUT2D eigenvalue weighted by Crippen LogP contribution is 2.16. The molecule has 104 valence electrons. The maximum atomic E-state index is 11.9. The molecule has 2 rings (SSSR count). The Morgan fingerprint density at radius 2 is 2.00 bits per heavy atom. The van der Waals surface area contributed by atoms with E-state index in [0.29, 0.717) is 18.9 Å². The molecule has 3 nitrogen and oxygen atoms in total. The first kappa shape index (κ1) is 14.1. The van der Waals surface area contributed by atoms with E-state index in [1.807, 2.05) is 0 Å². The van der Waals surface area contributed by atoms with Crippen LogP contribution in [0.4, 0.5) is 0 Å². The van der Waals surface area contributed by atoms with Crippen molar-refractivity contribution in [2.45, 2.75) is 40.2 Å². The molecule has 1 aromatic rings. The Morgan fingerprint density at radius 3 is 2.68 bits per heavy atom. The number of nitrogens with one attached hydrogen (secondary N) is 2. The van der Waals surface area contributed by atoms with Gasteiger partial charge in [-0.1, -0.05) is 12.1 Å². The normalized spacial score (nSPS) is 18.6. The second-order valence-electron chi connectivity index (χ2n) is 5.70. The zero-order valence-corrected chi connectivity index (χ0v) is 12.2. The molecule has 1 amide bonds. The minimum atomic E-state index is 0.173. The average Bonchev–Trinajstić information content (AvgIpc) is 2.85. The monoisotopic (exact) mass is 260 g/mol. The fourth-order valence-corrected chi connectivity index (χ4v) is 2.63. The Labute approximate surface area is 115 Å². The van der Waals surface area contributed by atoms with Gasteiger partial charge in [0.1, 0.15) is 0 Å². The van der Waals surface area contributed by atoms with Crippen LogP contribution in [0.5, 0.6) is 0 Å². The first-order chi connectivity index (χ1) is 9.06. The molecule has 0 bridgehead atoms. The predicted octanol–water partition coefficient (Wildman–Crippen LogP) is 2.23. The maximum Gasteiger partial charge on any atom is 0.220 e. The van der Waals surface area contributed by atoms with E-state index < -0.39 is 0 Å². The van der Waals surface area contributed by atoms with E-state index in [9.17, 15) is 4.79 Å². The Kier molecular flexibility index (Phi) is 4.59. The number of hydrogen-bond donors (Lipinski definition) is 2. The van der Waals surface area contributed by atoms with Crippen molar-refractivity contribution in [3.63, 3.8) is 0 Å². The van der Waals surface area contributed by atoms with Crippen LogP contribution < -0.4 is 10.6 Å². The molecular weight excluding hydrogens is 236 g/mol. The topological polar surface area (TPSA) is 41.1 Å². The second kappa shape index (κ2) is 6.20. The van der Waals surface area contributed by atoms with Crippen molar-refractivity contribution >= 4 is 5.91 Å². The smallest absolute Gasteiger partial charge is 0.220 e. The molecule has 1 fully saturated rings. The summed E-state index contributed by atoms with van der Waals surface area (Å²) in [4.78, 5) is 11.9. The van der Waals surface area contributed by atoms with E-state index in [1.165, 1.54) is 22.3 Å². The molecule has 2 N–H and O–H groups in total. The summed E-state index contributed by atoms with van der Waals surface area (Å²) in [7, 11) is 0. The molecule has 19 heavy (non-hydrogen) atoms. The molecule has 1 unspecified atom stereocenters. The minimum Gasteiger partial charge on any atom is -0.352 e. The standard InChI is InChI=1S/C16H24N2O/c1-11-6-13(3)15(7-12(11)2)10-18-16(19)8-14-4-5-17-9-14/h6-7,14,17H,4-5,8-10H2,1-3H3,(H,18,19). The first-order valence-corrected chi connectivity index (χ1v) is 7.10. The van der Waals surface area contributed by atoms with Gasteiger partial charge in [0, 0.05) is 13.0 Å². The van der Waals surface area contributed by atoms with E-state index in [2.05, 4.69) is 43.5 Å². The SMILES string of the molecule is Cc1cc(C)c(CNC(=O)CC2CCNC2)cc1C. The average molecular weight is 260 g/mol. The summed E-state index contributed by atoms with van der Waals surface area (Å²) in [5.41, 5.74) is 5.08. The zero-order valence-electron chi connectivity index (χ0n) is 12.2. The highest BCUT2D eigenvalue weighted by molar-refractivity contribution is 5.76. The molecule has 1 heterocycles. The van der Waals surface area contributed by atoms with Crippen molar-refractivity contribution in [2.24, 2.45) is 5.92 Å². The van der Waals surface area contributed by atoms with Crippen molar-refractivity contribution in [1.82, 2.24) is 10.6 Å². The van der Waals surface area contributed by atoms with Gasteiger partial charge >= 0.3 is 0 Å². The lowest BCUT2D eigenvalue weighted by Gasteiger charge is -2.12. The quantitative estimate of drug-likeness (QED) is 0.871. The molecule has 0 aromatic heterocycles. The van der Waals surface area contributed by atoms with Crippen molar-refractivity contribution in [1.29, 1.82) is 0 Å². The summed E-state index contributed by atoms with van der Waals surface area (Å²) in [6.45, 7) is 9.02. The molecule has 0 radical (unpaired) electrons. The van der Waals surface area contributed by atoms with Crippen LogP contribution in [-0.2, 0) is 11.3 Å². The van der Waals surface area contributed by atoms with Gasteiger partial charge in [0.15, 0.2) is 0 Å². The maximum absolute atomic E-state index is 11.9. The van der Waals surface area contributed by atoms with Crippen LogP contribution >= 0.6 is 0 Å². The largest absolute Gasteiger partial charge is 0.352 e. The Balaban J connectivity index is 1.87. The molecule has 3 heteroatoms. The summed E-state index contributed by atoms with van der Waals surface area (Å²) < 4.78 is 0. The minimum absolute atomic E-state index is 0.173. The van der Waals surface area contributed by atoms with Gasteiger partial charge in [0.05, 0.1) is 0 Å². The van der Waals surface area contributed by atoms with Crippen LogP contribution in [0, 0.1) is 26.7 Å². The van der Waals surface area contributed by atoms with Crippen LogP contribution in [0.2, 0.25) is 0 Å². The molecule has 1 aliphatic heterocycles. The first-order valence-electron chi connectivity index (χ1n) is 7.10. The van der Waals surface area contributed by atoms with E-state index in [4.69, 9.17) is 0 Å². The third-order valence-electron chi connectivity index (χ3n) is 4.06. The number of rotatable bonds is 4. The number of aryl methyl sites for hydroxylation is 3. The van der Waals surface area contributed by atoms with Crippen molar-refractivity contribution in [3.05, 3.63) is 34.4 Å². The van der Waals surface area contributed by atoms with Gasteiger partial charge in [-0.05, 0) is 68.5 Å². The predicted molar refractivity (Wildman–Crippen MR) is 78.1 cm³/mol. The Morgan fingerprint density at radius 1 is 1.26 bits per heavy atom. The lowest BCUT2D eigenvalue weighted by atomic mass is 10.0. The number of carbonyl (C=O) groups excluding carboxylic acids is 1. The van der Waals surface area contributed by atoms with E-state index in [-0.39, 0.29) is 5.91 Å². The van der Waals surface area contributed by atoms with E-state index in [1.54, 1.807) is 0 Å².